The minimum absolute atomic E-state index is 0. The molecule has 1 aliphatic heterocycles. The Morgan fingerprint density at radius 2 is 1.79 bits per heavy atom. The van der Waals surface area contributed by atoms with Crippen molar-refractivity contribution < 1.29 is 13.9 Å². The van der Waals surface area contributed by atoms with Gasteiger partial charge in [-0.25, -0.2) is 9.18 Å². The number of guanidine groups is 1. The third-order valence-corrected chi connectivity index (χ3v) is 4.32. The Hall–Kier alpha value is -1.78. The summed E-state index contributed by atoms with van der Waals surface area (Å²) in [5, 5.41) is 2.73. The number of hydrogen-bond donors (Lipinski definition) is 2. The van der Waals surface area contributed by atoms with Crippen LogP contribution >= 0.6 is 24.0 Å². The van der Waals surface area contributed by atoms with E-state index in [4.69, 9.17) is 10.5 Å². The Morgan fingerprint density at radius 3 is 2.38 bits per heavy atom. The van der Waals surface area contributed by atoms with E-state index in [-0.39, 0.29) is 29.8 Å². The van der Waals surface area contributed by atoms with Gasteiger partial charge in [0.15, 0.2) is 5.96 Å². The lowest BCUT2D eigenvalue weighted by molar-refractivity contribution is 0.0527. The molecule has 0 saturated carbocycles. The summed E-state index contributed by atoms with van der Waals surface area (Å²) in [7, 11) is 0. The minimum atomic E-state index is -0.483. The summed E-state index contributed by atoms with van der Waals surface area (Å²) < 4.78 is 18.2. The number of benzene rings is 1. The maximum absolute atomic E-state index is 13.0. The third kappa shape index (κ3) is 9.51. The van der Waals surface area contributed by atoms with Gasteiger partial charge in [-0.2, -0.15) is 0 Å². The third-order valence-electron chi connectivity index (χ3n) is 4.32. The van der Waals surface area contributed by atoms with Gasteiger partial charge in [0, 0.05) is 45.0 Å². The number of halogens is 2. The number of nitrogens with zero attached hydrogens (tertiary/aromatic N) is 3. The molecule has 1 fully saturated rings. The van der Waals surface area contributed by atoms with Crippen molar-refractivity contribution >= 4 is 41.7 Å². The van der Waals surface area contributed by atoms with Crippen LogP contribution in [0.2, 0.25) is 0 Å². The monoisotopic (exact) mass is 521 g/mol. The summed E-state index contributed by atoms with van der Waals surface area (Å²) in [6.45, 7) is 9.90. The van der Waals surface area contributed by atoms with Crippen molar-refractivity contribution in [2.45, 2.75) is 39.2 Å². The molecule has 1 aromatic carbocycles. The van der Waals surface area contributed by atoms with E-state index in [1.807, 2.05) is 20.8 Å². The highest BCUT2D eigenvalue weighted by molar-refractivity contribution is 14.0. The molecule has 29 heavy (non-hydrogen) atoms. The highest BCUT2D eigenvalue weighted by Gasteiger charge is 2.18. The summed E-state index contributed by atoms with van der Waals surface area (Å²) in [6.07, 6.45) is 1.26. The first kappa shape index (κ1) is 25.3. The topological polar surface area (TPSA) is 83.2 Å². The molecule has 1 amide bonds. The van der Waals surface area contributed by atoms with Crippen molar-refractivity contribution in [2.24, 2.45) is 10.7 Å². The number of aliphatic imine (C=N–C) groups is 1. The summed E-state index contributed by atoms with van der Waals surface area (Å²) in [4.78, 5) is 20.3. The summed E-state index contributed by atoms with van der Waals surface area (Å²) >= 11 is 0. The molecule has 0 aliphatic carbocycles. The van der Waals surface area contributed by atoms with Crippen molar-refractivity contribution in [3.8, 4) is 0 Å². The zero-order valence-electron chi connectivity index (χ0n) is 17.5. The van der Waals surface area contributed by atoms with E-state index in [9.17, 15) is 9.18 Å². The molecule has 164 valence electrons. The van der Waals surface area contributed by atoms with Crippen LogP contribution in [0.3, 0.4) is 0 Å². The average molecular weight is 521 g/mol. The Bertz CT molecular complexity index is 656. The molecule has 1 heterocycles. The fraction of sp³-hybridized carbons (Fsp3) is 0.600. The van der Waals surface area contributed by atoms with Gasteiger partial charge in [-0.1, -0.05) is 0 Å². The van der Waals surface area contributed by atoms with Crippen LogP contribution < -0.4 is 16.0 Å². The van der Waals surface area contributed by atoms with E-state index in [1.54, 1.807) is 12.1 Å². The Kier molecular flexibility index (Phi) is 10.5. The number of rotatable bonds is 6. The van der Waals surface area contributed by atoms with Crippen molar-refractivity contribution in [1.82, 2.24) is 10.2 Å². The fourth-order valence-electron chi connectivity index (χ4n) is 2.88. The molecule has 9 heteroatoms. The molecule has 1 aromatic rings. The van der Waals surface area contributed by atoms with Crippen LogP contribution in [0.5, 0.6) is 0 Å². The number of carbonyl (C=O) groups excluding carboxylic acids is 1. The Morgan fingerprint density at radius 1 is 1.17 bits per heavy atom. The van der Waals surface area contributed by atoms with Gasteiger partial charge in [0.25, 0.3) is 0 Å². The Balaban J connectivity index is 0.00000420. The number of carbonyl (C=O) groups is 1. The molecule has 0 aromatic heterocycles. The van der Waals surface area contributed by atoms with Gasteiger partial charge >= 0.3 is 6.09 Å². The standard InChI is InChI=1S/C20H32FN5O2.HI/c1-20(2,3)28-19(27)24-11-5-4-10-23-18(22)26-14-12-25(13-15-26)17-8-6-16(21)7-9-17;/h6-9H,4-5,10-15H2,1-3H3,(H2,22,23)(H,24,27);1H. The van der Waals surface area contributed by atoms with Crippen LogP contribution in [0.1, 0.15) is 33.6 Å². The molecule has 0 unspecified atom stereocenters. The number of ether oxygens (including phenoxy) is 1. The molecule has 0 spiro atoms. The number of anilines is 1. The van der Waals surface area contributed by atoms with Crippen LogP contribution in [-0.2, 0) is 4.74 Å². The molecule has 1 aliphatic rings. The largest absolute Gasteiger partial charge is 0.444 e. The van der Waals surface area contributed by atoms with Gasteiger partial charge in [-0.05, 0) is 57.9 Å². The number of alkyl carbamates (subject to hydrolysis) is 1. The minimum Gasteiger partial charge on any atom is -0.444 e. The van der Waals surface area contributed by atoms with E-state index in [1.165, 1.54) is 12.1 Å². The van der Waals surface area contributed by atoms with Gasteiger partial charge in [-0.15, -0.1) is 24.0 Å². The Labute approximate surface area is 189 Å². The number of amides is 1. The highest BCUT2D eigenvalue weighted by atomic mass is 127. The molecule has 7 nitrogen and oxygen atoms in total. The summed E-state index contributed by atoms with van der Waals surface area (Å²) in [5.74, 6) is 0.332. The summed E-state index contributed by atoms with van der Waals surface area (Å²) in [5.41, 5.74) is 6.64. The summed E-state index contributed by atoms with van der Waals surface area (Å²) in [6, 6.07) is 6.56. The number of nitrogens with one attached hydrogen (secondary N) is 1. The van der Waals surface area contributed by atoms with Crippen LogP contribution in [-0.4, -0.2) is 61.8 Å². The van der Waals surface area contributed by atoms with Crippen LogP contribution in [0.15, 0.2) is 29.3 Å². The first-order valence-electron chi connectivity index (χ1n) is 9.77. The predicted molar refractivity (Wildman–Crippen MR) is 126 cm³/mol. The van der Waals surface area contributed by atoms with E-state index >= 15 is 0 Å². The molecule has 3 N–H and O–H groups in total. The van der Waals surface area contributed by atoms with E-state index in [0.717, 1.165) is 44.7 Å². The smallest absolute Gasteiger partial charge is 0.407 e. The quantitative estimate of drug-likeness (QED) is 0.260. The predicted octanol–water partition coefficient (Wildman–Crippen LogP) is 3.19. The fourth-order valence-corrected chi connectivity index (χ4v) is 2.88. The van der Waals surface area contributed by atoms with Crippen molar-refractivity contribution in [3.05, 3.63) is 30.1 Å². The number of unbranched alkanes of at least 4 members (excludes halogenated alkanes) is 1. The van der Waals surface area contributed by atoms with Crippen molar-refractivity contribution in [1.29, 1.82) is 0 Å². The second kappa shape index (κ2) is 12.0. The maximum Gasteiger partial charge on any atom is 0.407 e. The number of nitrogens with two attached hydrogens (primary N) is 1. The maximum atomic E-state index is 13.0. The molecule has 1 saturated heterocycles. The molecule has 0 atom stereocenters. The average Bonchev–Trinajstić information content (AvgIpc) is 2.63. The van der Waals surface area contributed by atoms with Gasteiger partial charge in [0.1, 0.15) is 11.4 Å². The second-order valence-corrected chi connectivity index (χ2v) is 7.83. The first-order chi connectivity index (χ1) is 13.2. The molecule has 0 radical (unpaired) electrons. The van der Waals surface area contributed by atoms with Gasteiger partial charge in [-0.3, -0.25) is 4.99 Å². The number of hydrogen-bond acceptors (Lipinski definition) is 4. The SMILES string of the molecule is CC(C)(C)OC(=O)NCCCCN=C(N)N1CCN(c2ccc(F)cc2)CC1.I. The lowest BCUT2D eigenvalue weighted by Crippen LogP contribution is -2.51. The van der Waals surface area contributed by atoms with Gasteiger partial charge < -0.3 is 25.6 Å². The van der Waals surface area contributed by atoms with Crippen molar-refractivity contribution in [2.75, 3.05) is 44.2 Å². The molecular formula is C20H33FIN5O2. The van der Waals surface area contributed by atoms with E-state index in [2.05, 4.69) is 20.1 Å². The normalized spacial score (nSPS) is 15.0. The lowest BCUT2D eigenvalue weighted by atomic mass is 10.2. The van der Waals surface area contributed by atoms with Gasteiger partial charge in [0.05, 0.1) is 0 Å². The van der Waals surface area contributed by atoms with E-state index < -0.39 is 11.7 Å². The van der Waals surface area contributed by atoms with E-state index in [0.29, 0.717) is 19.0 Å². The number of piperazine rings is 1. The highest BCUT2D eigenvalue weighted by Crippen LogP contribution is 2.16. The van der Waals surface area contributed by atoms with Gasteiger partial charge in [0.2, 0.25) is 0 Å². The lowest BCUT2D eigenvalue weighted by Gasteiger charge is -2.36. The van der Waals surface area contributed by atoms with Crippen LogP contribution in [0.4, 0.5) is 14.9 Å². The first-order valence-corrected chi connectivity index (χ1v) is 9.77. The van der Waals surface area contributed by atoms with Crippen molar-refractivity contribution in [3.63, 3.8) is 0 Å². The molecule has 2 rings (SSSR count). The molecule has 0 bridgehead atoms. The zero-order chi connectivity index (χ0) is 20.6. The van der Waals surface area contributed by atoms with Crippen LogP contribution in [0, 0.1) is 5.82 Å². The second-order valence-electron chi connectivity index (χ2n) is 7.83. The molecular weight excluding hydrogens is 488 g/mol. The zero-order valence-corrected chi connectivity index (χ0v) is 19.8. The van der Waals surface area contributed by atoms with Crippen LogP contribution in [0.25, 0.3) is 0 Å².